The van der Waals surface area contributed by atoms with Crippen molar-refractivity contribution in [2.24, 2.45) is 5.73 Å². The molecule has 0 aliphatic rings. The summed E-state index contributed by atoms with van der Waals surface area (Å²) in [5.41, 5.74) is 4.77. The predicted molar refractivity (Wildman–Crippen MR) is 54.5 cm³/mol. The van der Waals surface area contributed by atoms with Crippen molar-refractivity contribution in [1.82, 2.24) is 4.89 Å². The minimum atomic E-state index is -3.70. The van der Waals surface area contributed by atoms with E-state index in [-0.39, 0.29) is 4.21 Å². The second-order valence-corrected chi connectivity index (χ2v) is 5.87. The average molecular weight is 250 g/mol. The van der Waals surface area contributed by atoms with Crippen LogP contribution in [0.1, 0.15) is 4.88 Å². The molecular weight excluding hydrogens is 240 g/mol. The zero-order valence-electron chi connectivity index (χ0n) is 7.89. The van der Waals surface area contributed by atoms with Crippen molar-refractivity contribution in [3.05, 3.63) is 17.0 Å². The SMILES string of the molecule is Cc1ccc(S(=O)(=O)NOCC(N)=O)s1. The molecule has 0 atom stereocenters. The summed E-state index contributed by atoms with van der Waals surface area (Å²) in [6, 6.07) is 3.13. The molecule has 0 aromatic carbocycles. The summed E-state index contributed by atoms with van der Waals surface area (Å²) in [5, 5.41) is 0. The normalized spacial score (nSPS) is 11.5. The van der Waals surface area contributed by atoms with Crippen molar-refractivity contribution in [1.29, 1.82) is 0 Å². The number of primary amides is 1. The smallest absolute Gasteiger partial charge is 0.271 e. The van der Waals surface area contributed by atoms with Gasteiger partial charge in [0.05, 0.1) is 0 Å². The molecule has 0 unspecified atom stereocenters. The third-order valence-corrected chi connectivity index (χ3v) is 4.07. The van der Waals surface area contributed by atoms with Crippen molar-refractivity contribution in [3.63, 3.8) is 0 Å². The van der Waals surface area contributed by atoms with Crippen LogP contribution in [0.3, 0.4) is 0 Å². The van der Waals surface area contributed by atoms with Crippen molar-refractivity contribution < 1.29 is 18.0 Å². The van der Waals surface area contributed by atoms with Crippen LogP contribution in [-0.2, 0) is 19.7 Å². The molecule has 84 valence electrons. The van der Waals surface area contributed by atoms with Gasteiger partial charge in [-0.1, -0.05) is 4.89 Å². The van der Waals surface area contributed by atoms with E-state index >= 15 is 0 Å². The maximum atomic E-state index is 11.4. The lowest BCUT2D eigenvalue weighted by Gasteiger charge is -2.02. The first-order valence-corrected chi connectivity index (χ1v) is 6.20. The fraction of sp³-hybridized carbons (Fsp3) is 0.286. The van der Waals surface area contributed by atoms with Gasteiger partial charge in [-0.3, -0.25) is 9.63 Å². The fourth-order valence-corrected chi connectivity index (χ4v) is 2.84. The topological polar surface area (TPSA) is 98.5 Å². The highest BCUT2D eigenvalue weighted by Crippen LogP contribution is 2.19. The summed E-state index contributed by atoms with van der Waals surface area (Å²) in [6.07, 6.45) is 0. The summed E-state index contributed by atoms with van der Waals surface area (Å²) in [7, 11) is -3.70. The van der Waals surface area contributed by atoms with Crippen molar-refractivity contribution in [2.45, 2.75) is 11.1 Å². The largest absolute Gasteiger partial charge is 0.368 e. The van der Waals surface area contributed by atoms with Crippen LogP contribution in [0.4, 0.5) is 0 Å². The minimum absolute atomic E-state index is 0.129. The monoisotopic (exact) mass is 250 g/mol. The number of hydrogen-bond acceptors (Lipinski definition) is 5. The number of carbonyl (C=O) groups excluding carboxylic acids is 1. The van der Waals surface area contributed by atoms with Gasteiger partial charge in [-0.15, -0.1) is 11.3 Å². The van der Waals surface area contributed by atoms with Gasteiger partial charge in [-0.2, -0.15) is 0 Å². The number of thiophene rings is 1. The predicted octanol–water partition coefficient (Wildman–Crippen LogP) is -0.248. The van der Waals surface area contributed by atoms with Crippen LogP contribution in [0.2, 0.25) is 0 Å². The molecule has 15 heavy (non-hydrogen) atoms. The highest BCUT2D eigenvalue weighted by Gasteiger charge is 2.16. The van der Waals surface area contributed by atoms with E-state index in [2.05, 4.69) is 4.84 Å². The maximum Gasteiger partial charge on any atom is 0.271 e. The third-order valence-electron chi connectivity index (χ3n) is 1.36. The van der Waals surface area contributed by atoms with Gasteiger partial charge in [0.15, 0.2) is 0 Å². The molecular formula is C7H10N2O4S2. The van der Waals surface area contributed by atoms with Crippen LogP contribution in [0.15, 0.2) is 16.3 Å². The Morgan fingerprint density at radius 1 is 1.60 bits per heavy atom. The molecule has 0 aliphatic heterocycles. The van der Waals surface area contributed by atoms with E-state index in [0.29, 0.717) is 0 Å². The molecule has 0 radical (unpaired) electrons. The molecule has 0 bridgehead atoms. The molecule has 0 fully saturated rings. The molecule has 0 spiro atoms. The van der Waals surface area contributed by atoms with E-state index in [4.69, 9.17) is 5.73 Å². The quantitative estimate of drug-likeness (QED) is 0.704. The number of nitrogens with one attached hydrogen (secondary N) is 1. The Kier molecular flexibility index (Phi) is 3.80. The summed E-state index contributed by atoms with van der Waals surface area (Å²) in [5.74, 6) is -0.750. The van der Waals surface area contributed by atoms with E-state index in [1.165, 1.54) is 6.07 Å². The van der Waals surface area contributed by atoms with Crippen LogP contribution in [0.25, 0.3) is 0 Å². The number of sulfonamides is 1. The Morgan fingerprint density at radius 2 is 2.27 bits per heavy atom. The minimum Gasteiger partial charge on any atom is -0.368 e. The van der Waals surface area contributed by atoms with Gasteiger partial charge in [-0.25, -0.2) is 8.42 Å². The molecule has 0 saturated heterocycles. The Balaban J connectivity index is 2.64. The molecule has 1 rings (SSSR count). The van der Waals surface area contributed by atoms with Gasteiger partial charge < -0.3 is 5.73 Å². The summed E-state index contributed by atoms with van der Waals surface area (Å²) in [6.45, 7) is 1.29. The molecule has 3 N–H and O–H groups in total. The lowest BCUT2D eigenvalue weighted by atomic mass is 10.5. The van der Waals surface area contributed by atoms with Crippen LogP contribution >= 0.6 is 11.3 Å². The first-order valence-electron chi connectivity index (χ1n) is 3.90. The third kappa shape index (κ3) is 3.59. The number of amides is 1. The van der Waals surface area contributed by atoms with Crippen LogP contribution in [-0.4, -0.2) is 20.9 Å². The fourth-order valence-electron chi connectivity index (χ4n) is 0.776. The lowest BCUT2D eigenvalue weighted by molar-refractivity contribution is -0.123. The molecule has 0 saturated carbocycles. The molecule has 1 amide bonds. The lowest BCUT2D eigenvalue weighted by Crippen LogP contribution is -2.29. The van der Waals surface area contributed by atoms with Gasteiger partial charge in [0.2, 0.25) is 5.91 Å². The summed E-state index contributed by atoms with van der Waals surface area (Å²) >= 11 is 1.11. The zero-order valence-corrected chi connectivity index (χ0v) is 9.52. The average Bonchev–Trinajstić information content (AvgIpc) is 2.51. The first kappa shape index (κ1) is 12.1. The van der Waals surface area contributed by atoms with Gasteiger partial charge in [-0.05, 0) is 19.1 Å². The molecule has 1 aromatic heterocycles. The number of rotatable bonds is 5. The van der Waals surface area contributed by atoms with E-state index < -0.39 is 22.5 Å². The van der Waals surface area contributed by atoms with E-state index in [1.807, 2.05) is 0 Å². The highest BCUT2D eigenvalue weighted by molar-refractivity contribution is 7.91. The molecule has 1 heterocycles. The first-order chi connectivity index (χ1) is 6.92. The van der Waals surface area contributed by atoms with E-state index in [1.54, 1.807) is 17.9 Å². The van der Waals surface area contributed by atoms with Crippen LogP contribution in [0, 0.1) is 6.92 Å². The summed E-state index contributed by atoms with van der Waals surface area (Å²) < 4.78 is 23.0. The van der Waals surface area contributed by atoms with Crippen LogP contribution in [0.5, 0.6) is 0 Å². The number of hydrogen-bond donors (Lipinski definition) is 2. The van der Waals surface area contributed by atoms with E-state index in [9.17, 15) is 13.2 Å². The Labute approximate surface area is 91.0 Å². The Morgan fingerprint density at radius 3 is 2.73 bits per heavy atom. The van der Waals surface area contributed by atoms with Crippen molar-refractivity contribution in [3.8, 4) is 0 Å². The standard InChI is InChI=1S/C7H10N2O4S2/c1-5-2-3-7(14-5)15(11,12)9-13-4-6(8)10/h2-3,9H,4H2,1H3,(H2,8,10). The second kappa shape index (κ2) is 4.71. The highest BCUT2D eigenvalue weighted by atomic mass is 32.2. The van der Waals surface area contributed by atoms with Crippen molar-refractivity contribution >= 4 is 27.3 Å². The number of nitrogens with two attached hydrogens (primary N) is 1. The second-order valence-electron chi connectivity index (χ2n) is 2.71. The van der Waals surface area contributed by atoms with Crippen LogP contribution < -0.4 is 10.6 Å². The Hall–Kier alpha value is -0.960. The molecule has 1 aromatic rings. The molecule has 8 heteroatoms. The van der Waals surface area contributed by atoms with Gasteiger partial charge in [0.1, 0.15) is 10.8 Å². The summed E-state index contributed by atoms with van der Waals surface area (Å²) in [4.78, 5) is 17.4. The van der Waals surface area contributed by atoms with Gasteiger partial charge >= 0.3 is 0 Å². The van der Waals surface area contributed by atoms with Gasteiger partial charge in [0, 0.05) is 4.88 Å². The van der Waals surface area contributed by atoms with Crippen molar-refractivity contribution in [2.75, 3.05) is 6.61 Å². The number of aryl methyl sites for hydroxylation is 1. The van der Waals surface area contributed by atoms with Gasteiger partial charge in [0.25, 0.3) is 10.0 Å². The Bertz CT molecular complexity index is 451. The molecule has 6 nitrogen and oxygen atoms in total. The maximum absolute atomic E-state index is 11.4. The number of carbonyl (C=O) groups is 1. The van der Waals surface area contributed by atoms with E-state index in [0.717, 1.165) is 16.2 Å². The zero-order chi connectivity index (χ0) is 11.5. The molecule has 0 aliphatic carbocycles.